The number of rotatable bonds is 4. The summed E-state index contributed by atoms with van der Waals surface area (Å²) in [5, 5.41) is 1.26. The topological polar surface area (TPSA) is 12.9 Å². The monoisotopic (exact) mass is 441 g/mol. The summed E-state index contributed by atoms with van der Waals surface area (Å²) in [6.07, 6.45) is 0. The first-order chi connectivity index (χ1) is 13.8. The van der Waals surface area contributed by atoms with E-state index in [1.807, 2.05) is 0 Å². The molecule has 0 aliphatic rings. The standard InChI is InChI=1S/C27H29GeN/c1-19(2)21-12-9-13-22(16-21)27-18-24(20-10-7-6-8-11-20)25-17-23(28(3,4)5)14-15-26(25)29-27/h6-19H,1-5H3. The van der Waals surface area contributed by atoms with E-state index in [9.17, 15) is 0 Å². The number of hydrogen-bond donors (Lipinski definition) is 0. The van der Waals surface area contributed by atoms with Gasteiger partial charge in [0.15, 0.2) is 0 Å². The fraction of sp³-hybridized carbons (Fsp3) is 0.222. The van der Waals surface area contributed by atoms with Gasteiger partial charge in [-0.25, -0.2) is 0 Å². The van der Waals surface area contributed by atoms with Crippen molar-refractivity contribution in [2.75, 3.05) is 0 Å². The summed E-state index contributed by atoms with van der Waals surface area (Å²) in [5.74, 6) is 7.85. The zero-order chi connectivity index (χ0) is 20.6. The molecule has 0 saturated heterocycles. The molecule has 0 amide bonds. The number of pyridine rings is 1. The first-order valence-electron chi connectivity index (χ1n) is 10.4. The number of nitrogens with zero attached hydrogens (tertiary/aromatic N) is 1. The van der Waals surface area contributed by atoms with Gasteiger partial charge in [0.25, 0.3) is 0 Å². The summed E-state index contributed by atoms with van der Waals surface area (Å²) in [7, 11) is 0. The fourth-order valence-electron chi connectivity index (χ4n) is 3.75. The van der Waals surface area contributed by atoms with Gasteiger partial charge in [-0.15, -0.1) is 0 Å². The Hall–Kier alpha value is -2.39. The van der Waals surface area contributed by atoms with Gasteiger partial charge in [0, 0.05) is 0 Å². The molecule has 0 atom stereocenters. The summed E-state index contributed by atoms with van der Waals surface area (Å²) in [6, 6.07) is 28.7. The molecule has 0 saturated carbocycles. The molecule has 0 unspecified atom stereocenters. The molecular weight excluding hydrogens is 411 g/mol. The summed E-state index contributed by atoms with van der Waals surface area (Å²) in [5.41, 5.74) is 7.18. The maximum absolute atomic E-state index is 5.08. The molecule has 0 aliphatic heterocycles. The van der Waals surface area contributed by atoms with E-state index in [0.29, 0.717) is 5.92 Å². The van der Waals surface area contributed by atoms with Crippen LogP contribution in [0, 0.1) is 0 Å². The second kappa shape index (κ2) is 7.80. The van der Waals surface area contributed by atoms with Crippen LogP contribution in [0.25, 0.3) is 33.3 Å². The van der Waals surface area contributed by atoms with Gasteiger partial charge >= 0.3 is 177 Å². The average molecular weight is 440 g/mol. The van der Waals surface area contributed by atoms with Gasteiger partial charge in [-0.3, -0.25) is 0 Å². The molecule has 2 heteroatoms. The summed E-state index contributed by atoms with van der Waals surface area (Å²) >= 11 is -1.93. The second-order valence-electron chi connectivity index (χ2n) is 9.18. The molecule has 0 spiro atoms. The summed E-state index contributed by atoms with van der Waals surface area (Å²) < 4.78 is 1.52. The molecule has 0 bridgehead atoms. The first kappa shape index (κ1) is 19.9. The summed E-state index contributed by atoms with van der Waals surface area (Å²) in [6.45, 7) is 4.48. The second-order valence-corrected chi connectivity index (χ2v) is 19.8. The van der Waals surface area contributed by atoms with Gasteiger partial charge in [0.1, 0.15) is 0 Å². The quantitative estimate of drug-likeness (QED) is 0.305. The van der Waals surface area contributed by atoms with Gasteiger partial charge < -0.3 is 0 Å². The van der Waals surface area contributed by atoms with E-state index in [1.165, 1.54) is 32.0 Å². The Morgan fingerprint density at radius 3 is 2.14 bits per heavy atom. The Kier molecular flexibility index (Phi) is 5.35. The molecule has 29 heavy (non-hydrogen) atoms. The Morgan fingerprint density at radius 1 is 0.724 bits per heavy atom. The molecule has 0 radical (unpaired) electrons. The van der Waals surface area contributed by atoms with Crippen LogP contribution in [-0.2, 0) is 0 Å². The molecule has 1 aromatic heterocycles. The predicted octanol–water partition coefficient (Wildman–Crippen LogP) is 7.24. The molecule has 0 aliphatic carbocycles. The van der Waals surface area contributed by atoms with Crippen LogP contribution >= 0.6 is 0 Å². The Labute approximate surface area is 177 Å². The Morgan fingerprint density at radius 2 is 1.45 bits per heavy atom. The fourth-order valence-corrected chi connectivity index (χ4v) is 6.19. The van der Waals surface area contributed by atoms with Crippen molar-refractivity contribution in [3.05, 3.63) is 84.4 Å². The van der Waals surface area contributed by atoms with Crippen LogP contribution in [0.4, 0.5) is 0 Å². The van der Waals surface area contributed by atoms with Gasteiger partial charge in [0.2, 0.25) is 0 Å². The van der Waals surface area contributed by atoms with E-state index < -0.39 is 13.3 Å². The molecule has 3 aromatic carbocycles. The van der Waals surface area contributed by atoms with Crippen molar-refractivity contribution >= 4 is 28.6 Å². The average Bonchev–Trinajstić information content (AvgIpc) is 2.72. The van der Waals surface area contributed by atoms with E-state index in [-0.39, 0.29) is 0 Å². The third-order valence-corrected chi connectivity index (χ3v) is 9.90. The van der Waals surface area contributed by atoms with Crippen molar-refractivity contribution in [3.63, 3.8) is 0 Å². The van der Waals surface area contributed by atoms with Crippen LogP contribution in [0.15, 0.2) is 78.9 Å². The molecule has 146 valence electrons. The van der Waals surface area contributed by atoms with Crippen LogP contribution in [0.3, 0.4) is 0 Å². The van der Waals surface area contributed by atoms with Gasteiger partial charge in [-0.05, 0) is 0 Å². The van der Waals surface area contributed by atoms with Gasteiger partial charge in [0.05, 0.1) is 0 Å². The third kappa shape index (κ3) is 4.16. The normalized spacial score (nSPS) is 11.9. The molecule has 1 heterocycles. The number of fused-ring (bicyclic) bond motifs is 1. The van der Waals surface area contributed by atoms with Crippen molar-refractivity contribution < 1.29 is 0 Å². The minimum atomic E-state index is -1.93. The maximum atomic E-state index is 5.08. The van der Waals surface area contributed by atoms with Crippen LogP contribution in [-0.4, -0.2) is 18.3 Å². The molecule has 0 fully saturated rings. The van der Waals surface area contributed by atoms with Crippen molar-refractivity contribution in [2.45, 2.75) is 37.0 Å². The molecular formula is C27H29GeN. The van der Waals surface area contributed by atoms with E-state index in [2.05, 4.69) is 110 Å². The van der Waals surface area contributed by atoms with Crippen molar-refractivity contribution in [1.29, 1.82) is 0 Å². The third-order valence-electron chi connectivity index (χ3n) is 5.61. The minimum absolute atomic E-state index is 0.505. The molecule has 4 aromatic rings. The van der Waals surface area contributed by atoms with E-state index in [0.717, 1.165) is 11.2 Å². The number of aromatic nitrogens is 1. The van der Waals surface area contributed by atoms with Crippen molar-refractivity contribution in [3.8, 4) is 22.4 Å². The van der Waals surface area contributed by atoms with Crippen LogP contribution < -0.4 is 4.40 Å². The van der Waals surface area contributed by atoms with E-state index in [1.54, 1.807) is 0 Å². The summed E-state index contributed by atoms with van der Waals surface area (Å²) in [4.78, 5) is 5.08. The molecule has 4 rings (SSSR count). The van der Waals surface area contributed by atoms with E-state index >= 15 is 0 Å². The van der Waals surface area contributed by atoms with Crippen molar-refractivity contribution in [1.82, 2.24) is 4.98 Å². The molecule has 1 nitrogen and oxygen atoms in total. The van der Waals surface area contributed by atoms with Gasteiger partial charge in [-0.2, -0.15) is 0 Å². The SMILES string of the molecule is CC(C)c1cccc(-c2cc(-c3ccccc3)c3c[c]([Ge]([CH3])([CH3])[CH3])ccc3n2)c1. The zero-order valence-electron chi connectivity index (χ0n) is 18.0. The number of hydrogen-bond acceptors (Lipinski definition) is 1. The number of benzene rings is 3. The van der Waals surface area contributed by atoms with Crippen molar-refractivity contribution in [2.24, 2.45) is 0 Å². The predicted molar refractivity (Wildman–Crippen MR) is 130 cm³/mol. The van der Waals surface area contributed by atoms with Crippen LogP contribution in [0.1, 0.15) is 25.3 Å². The Balaban J connectivity index is 1.98. The zero-order valence-corrected chi connectivity index (χ0v) is 20.1. The van der Waals surface area contributed by atoms with Crippen LogP contribution in [0.5, 0.6) is 0 Å². The Bertz CT molecular complexity index is 1150. The first-order valence-corrected chi connectivity index (χ1v) is 17.8. The van der Waals surface area contributed by atoms with Crippen LogP contribution in [0.2, 0.25) is 17.3 Å². The molecule has 0 N–H and O–H groups in total. The van der Waals surface area contributed by atoms with E-state index in [4.69, 9.17) is 4.98 Å². The van der Waals surface area contributed by atoms with Gasteiger partial charge in [-0.1, -0.05) is 0 Å².